The number of hydrogen-bond acceptors (Lipinski definition) is 1. The first kappa shape index (κ1) is 8.82. The first-order chi connectivity index (χ1) is 5.26. The maximum Gasteiger partial charge on any atom is 0.0647 e. The number of pyridine rings is 1. The smallest absolute Gasteiger partial charge is 0.0647 e. The molecule has 0 aliphatic carbocycles. The Hall–Kier alpha value is -0.270. The van der Waals surface area contributed by atoms with E-state index >= 15 is 0 Å². The summed E-state index contributed by atoms with van der Waals surface area (Å²) in [6.07, 6.45) is 0. The van der Waals surface area contributed by atoms with E-state index in [0.717, 1.165) is 17.0 Å². The molecule has 60 valence electrons. The van der Waals surface area contributed by atoms with E-state index in [-0.39, 0.29) is 0 Å². The van der Waals surface area contributed by atoms with Gasteiger partial charge in [0.25, 0.3) is 0 Å². The Kier molecular flexibility index (Phi) is 3.16. The highest BCUT2D eigenvalue weighted by Gasteiger charge is 1.97. The van der Waals surface area contributed by atoms with Crippen molar-refractivity contribution in [3.05, 3.63) is 29.1 Å². The zero-order valence-corrected chi connectivity index (χ0v) is 7.78. The fourth-order valence-electron chi connectivity index (χ4n) is 0.953. The Labute approximate surface area is 76.4 Å². The van der Waals surface area contributed by atoms with Crippen LogP contribution in [-0.2, 0) is 11.8 Å². The summed E-state index contributed by atoms with van der Waals surface area (Å²) in [5, 5.41) is 0. The molecule has 1 aromatic heterocycles. The second-order valence-corrected chi connectivity index (χ2v) is 2.93. The van der Waals surface area contributed by atoms with Gasteiger partial charge in [-0.1, -0.05) is 0 Å². The summed E-state index contributed by atoms with van der Waals surface area (Å²) in [4.78, 5) is 4.21. The molecule has 1 rings (SSSR count). The number of nitrogens with zero attached hydrogens (tertiary/aromatic N) is 1. The third kappa shape index (κ3) is 2.35. The monoisotopic (exact) mass is 189 g/mol. The molecule has 0 aromatic carbocycles. The molecular formula is C8H9Cl2N. The van der Waals surface area contributed by atoms with Gasteiger partial charge in [-0.2, -0.15) is 0 Å². The van der Waals surface area contributed by atoms with Crippen LogP contribution in [0.25, 0.3) is 0 Å². The van der Waals surface area contributed by atoms with Crippen molar-refractivity contribution >= 4 is 23.2 Å². The summed E-state index contributed by atoms with van der Waals surface area (Å²) < 4.78 is 0. The second-order valence-electron chi connectivity index (χ2n) is 2.39. The van der Waals surface area contributed by atoms with Crippen LogP contribution in [-0.4, -0.2) is 4.98 Å². The van der Waals surface area contributed by atoms with E-state index in [0.29, 0.717) is 11.8 Å². The second kappa shape index (κ2) is 3.93. The number of halogens is 2. The van der Waals surface area contributed by atoms with Crippen molar-refractivity contribution in [1.82, 2.24) is 4.98 Å². The van der Waals surface area contributed by atoms with Gasteiger partial charge in [0.1, 0.15) is 0 Å². The zero-order chi connectivity index (χ0) is 8.27. The molecule has 1 aromatic rings. The molecule has 0 N–H and O–H groups in total. The van der Waals surface area contributed by atoms with Gasteiger partial charge in [0.15, 0.2) is 0 Å². The quantitative estimate of drug-likeness (QED) is 0.653. The molecule has 0 amide bonds. The molecule has 0 aliphatic rings. The largest absolute Gasteiger partial charge is 0.255 e. The predicted octanol–water partition coefficient (Wildman–Crippen LogP) is 2.87. The molecule has 0 unspecified atom stereocenters. The van der Waals surface area contributed by atoms with E-state index in [9.17, 15) is 0 Å². The van der Waals surface area contributed by atoms with Crippen LogP contribution in [0.2, 0.25) is 0 Å². The first-order valence-corrected chi connectivity index (χ1v) is 4.41. The molecule has 0 saturated carbocycles. The highest BCUT2D eigenvalue weighted by Crippen LogP contribution is 2.08. The Morgan fingerprint density at radius 3 is 2.00 bits per heavy atom. The summed E-state index contributed by atoms with van der Waals surface area (Å²) in [5.41, 5.74) is 2.94. The molecular weight excluding hydrogens is 181 g/mol. The highest BCUT2D eigenvalue weighted by molar-refractivity contribution is 6.17. The lowest BCUT2D eigenvalue weighted by molar-refractivity contribution is 1.07. The third-order valence-electron chi connectivity index (χ3n) is 1.35. The average molecular weight is 190 g/mol. The summed E-state index contributed by atoms with van der Waals surface area (Å²) in [6.45, 7) is 2.01. The van der Waals surface area contributed by atoms with Gasteiger partial charge in [-0.05, 0) is 24.6 Å². The molecule has 1 heterocycles. The molecule has 0 spiro atoms. The average Bonchev–Trinajstić information content (AvgIpc) is 2.03. The van der Waals surface area contributed by atoms with E-state index in [2.05, 4.69) is 4.98 Å². The zero-order valence-electron chi connectivity index (χ0n) is 6.27. The maximum absolute atomic E-state index is 5.62. The third-order valence-corrected chi connectivity index (χ3v) is 1.90. The van der Waals surface area contributed by atoms with Gasteiger partial charge in [-0.25, -0.2) is 0 Å². The summed E-state index contributed by atoms with van der Waals surface area (Å²) in [7, 11) is 0. The topological polar surface area (TPSA) is 12.9 Å². The van der Waals surface area contributed by atoms with Crippen LogP contribution in [0.15, 0.2) is 12.1 Å². The standard InChI is InChI=1S/C8H9Cl2N/c1-6-2-7(4-9)11-8(3-6)5-10/h2-3H,4-5H2,1H3. The van der Waals surface area contributed by atoms with E-state index in [1.54, 1.807) is 0 Å². The normalized spacial score (nSPS) is 10.1. The van der Waals surface area contributed by atoms with Crippen molar-refractivity contribution in [2.24, 2.45) is 0 Å². The molecule has 0 fully saturated rings. The van der Waals surface area contributed by atoms with E-state index in [4.69, 9.17) is 23.2 Å². The van der Waals surface area contributed by atoms with Crippen molar-refractivity contribution < 1.29 is 0 Å². The van der Waals surface area contributed by atoms with Gasteiger partial charge < -0.3 is 0 Å². The number of rotatable bonds is 2. The first-order valence-electron chi connectivity index (χ1n) is 3.34. The summed E-state index contributed by atoms with van der Waals surface area (Å²) in [6, 6.07) is 3.92. The van der Waals surface area contributed by atoms with Crippen LogP contribution in [0.1, 0.15) is 17.0 Å². The minimum Gasteiger partial charge on any atom is -0.255 e. The molecule has 0 atom stereocenters. The number of aryl methyl sites for hydroxylation is 1. The lowest BCUT2D eigenvalue weighted by atomic mass is 10.2. The predicted molar refractivity (Wildman–Crippen MR) is 48.1 cm³/mol. The van der Waals surface area contributed by atoms with Crippen molar-refractivity contribution in [2.75, 3.05) is 0 Å². The Balaban J connectivity index is 3.02. The van der Waals surface area contributed by atoms with Gasteiger partial charge in [0.05, 0.1) is 23.1 Å². The fraction of sp³-hybridized carbons (Fsp3) is 0.375. The van der Waals surface area contributed by atoms with Gasteiger partial charge in [-0.3, -0.25) is 4.98 Å². The molecule has 11 heavy (non-hydrogen) atoms. The Morgan fingerprint density at radius 2 is 1.64 bits per heavy atom. The molecule has 0 saturated heterocycles. The van der Waals surface area contributed by atoms with Crippen molar-refractivity contribution in [2.45, 2.75) is 18.7 Å². The van der Waals surface area contributed by atoms with Gasteiger partial charge >= 0.3 is 0 Å². The van der Waals surface area contributed by atoms with Crippen molar-refractivity contribution in [3.63, 3.8) is 0 Å². The SMILES string of the molecule is Cc1cc(CCl)nc(CCl)c1. The van der Waals surface area contributed by atoms with Crippen molar-refractivity contribution in [1.29, 1.82) is 0 Å². The lowest BCUT2D eigenvalue weighted by Crippen LogP contribution is -1.92. The van der Waals surface area contributed by atoms with Crippen molar-refractivity contribution in [3.8, 4) is 0 Å². The molecule has 0 bridgehead atoms. The molecule has 3 heteroatoms. The van der Waals surface area contributed by atoms with Crippen LogP contribution in [0.4, 0.5) is 0 Å². The number of alkyl halides is 2. The van der Waals surface area contributed by atoms with Crippen LogP contribution in [0.3, 0.4) is 0 Å². The maximum atomic E-state index is 5.62. The Bertz CT molecular complexity index is 226. The molecule has 1 nitrogen and oxygen atoms in total. The van der Waals surface area contributed by atoms with E-state index < -0.39 is 0 Å². The van der Waals surface area contributed by atoms with Crippen LogP contribution in [0, 0.1) is 6.92 Å². The minimum atomic E-state index is 0.450. The van der Waals surface area contributed by atoms with Crippen LogP contribution in [0.5, 0.6) is 0 Å². The Morgan fingerprint density at radius 1 is 1.18 bits per heavy atom. The number of hydrogen-bond donors (Lipinski definition) is 0. The van der Waals surface area contributed by atoms with E-state index in [1.165, 1.54) is 0 Å². The lowest BCUT2D eigenvalue weighted by Gasteiger charge is -2.00. The minimum absolute atomic E-state index is 0.450. The highest BCUT2D eigenvalue weighted by atomic mass is 35.5. The fourth-order valence-corrected chi connectivity index (χ4v) is 1.23. The van der Waals surface area contributed by atoms with E-state index in [1.807, 2.05) is 19.1 Å². The molecule has 0 aliphatic heterocycles. The van der Waals surface area contributed by atoms with Gasteiger partial charge in [0.2, 0.25) is 0 Å². The molecule has 0 radical (unpaired) electrons. The van der Waals surface area contributed by atoms with Gasteiger partial charge in [0, 0.05) is 0 Å². The summed E-state index contributed by atoms with van der Waals surface area (Å²) in [5.74, 6) is 0.900. The number of aromatic nitrogens is 1. The van der Waals surface area contributed by atoms with Gasteiger partial charge in [-0.15, -0.1) is 23.2 Å². The van der Waals surface area contributed by atoms with Crippen LogP contribution >= 0.6 is 23.2 Å². The summed E-state index contributed by atoms with van der Waals surface area (Å²) >= 11 is 11.2. The van der Waals surface area contributed by atoms with Crippen LogP contribution < -0.4 is 0 Å².